The molecule has 2 rings (SSSR count). The lowest BCUT2D eigenvalue weighted by Gasteiger charge is -2.23. The minimum Gasteiger partial charge on any atom is -0.468 e. The molecule has 1 aromatic rings. The molecule has 1 aromatic heterocycles. The third-order valence-corrected chi connectivity index (χ3v) is 3.85. The van der Waals surface area contributed by atoms with Gasteiger partial charge < -0.3 is 9.73 Å². The largest absolute Gasteiger partial charge is 0.468 e. The second kappa shape index (κ2) is 6.39. The maximum absolute atomic E-state index is 5.63. The van der Waals surface area contributed by atoms with Crippen LogP contribution in [-0.4, -0.2) is 24.0 Å². The van der Waals surface area contributed by atoms with Gasteiger partial charge in [0.15, 0.2) is 0 Å². The normalized spacial score (nSPS) is 17.3. The summed E-state index contributed by atoms with van der Waals surface area (Å²) in [6.07, 6.45) is 6.96. The molecule has 0 radical (unpaired) electrons. The Labute approximate surface area is 111 Å². The maximum Gasteiger partial charge on any atom is 0.122 e. The van der Waals surface area contributed by atoms with Crippen LogP contribution in [0.5, 0.6) is 0 Å². The Morgan fingerprint density at radius 3 is 2.94 bits per heavy atom. The number of nitrogens with one attached hydrogen (secondary N) is 1. The molecule has 3 nitrogen and oxygen atoms in total. The minimum absolute atomic E-state index is 0.615. The highest BCUT2D eigenvalue weighted by atomic mass is 16.3. The van der Waals surface area contributed by atoms with Crippen molar-refractivity contribution in [2.75, 3.05) is 7.05 Å². The van der Waals surface area contributed by atoms with Gasteiger partial charge in [0.2, 0.25) is 0 Å². The van der Waals surface area contributed by atoms with Crippen LogP contribution in [0, 0.1) is 0 Å². The molecule has 0 bridgehead atoms. The summed E-state index contributed by atoms with van der Waals surface area (Å²) in [7, 11) is 2.18. The second-order valence-corrected chi connectivity index (χ2v) is 5.58. The number of nitrogens with zero attached hydrogens (tertiary/aromatic N) is 1. The van der Waals surface area contributed by atoms with Gasteiger partial charge in [0.25, 0.3) is 0 Å². The van der Waals surface area contributed by atoms with Crippen molar-refractivity contribution in [1.29, 1.82) is 0 Å². The van der Waals surface area contributed by atoms with Gasteiger partial charge in [-0.3, -0.25) is 4.90 Å². The van der Waals surface area contributed by atoms with Gasteiger partial charge in [0.1, 0.15) is 5.76 Å². The van der Waals surface area contributed by atoms with Gasteiger partial charge in [-0.2, -0.15) is 0 Å². The van der Waals surface area contributed by atoms with Crippen molar-refractivity contribution in [3.05, 3.63) is 23.7 Å². The third kappa shape index (κ3) is 3.85. The van der Waals surface area contributed by atoms with E-state index in [2.05, 4.69) is 37.2 Å². The molecular formula is C15H26N2O. The molecule has 102 valence electrons. The Bertz CT molecular complexity index is 357. The molecule has 1 aliphatic carbocycles. The van der Waals surface area contributed by atoms with Gasteiger partial charge in [-0.05, 0) is 39.3 Å². The van der Waals surface area contributed by atoms with Crippen molar-refractivity contribution in [3.63, 3.8) is 0 Å². The first kappa shape index (κ1) is 13.6. The molecule has 1 unspecified atom stereocenters. The molecule has 18 heavy (non-hydrogen) atoms. The van der Waals surface area contributed by atoms with E-state index in [-0.39, 0.29) is 0 Å². The predicted octanol–water partition coefficient (Wildman–Crippen LogP) is 3.15. The lowest BCUT2D eigenvalue weighted by molar-refractivity contribution is 0.218. The van der Waals surface area contributed by atoms with Gasteiger partial charge in [0, 0.05) is 24.2 Å². The lowest BCUT2D eigenvalue weighted by atomic mass is 10.1. The van der Waals surface area contributed by atoms with Crippen LogP contribution in [0.2, 0.25) is 0 Å². The zero-order valence-electron chi connectivity index (χ0n) is 11.9. The van der Waals surface area contributed by atoms with E-state index in [1.807, 2.05) is 6.26 Å². The molecule has 0 spiro atoms. The Morgan fingerprint density at radius 2 is 2.28 bits per heavy atom. The Balaban J connectivity index is 1.85. The van der Waals surface area contributed by atoms with Crippen LogP contribution in [0.1, 0.15) is 50.9 Å². The molecule has 1 aliphatic rings. The van der Waals surface area contributed by atoms with Gasteiger partial charge in [-0.25, -0.2) is 0 Å². The second-order valence-electron chi connectivity index (χ2n) is 5.58. The van der Waals surface area contributed by atoms with Gasteiger partial charge in [0.05, 0.1) is 12.8 Å². The average molecular weight is 250 g/mol. The zero-order chi connectivity index (χ0) is 13.0. The first-order valence-electron chi connectivity index (χ1n) is 7.19. The molecule has 1 saturated carbocycles. The van der Waals surface area contributed by atoms with Crippen molar-refractivity contribution in [3.8, 4) is 0 Å². The molecule has 1 N–H and O–H groups in total. The van der Waals surface area contributed by atoms with Crippen LogP contribution in [0.25, 0.3) is 0 Å². The summed E-state index contributed by atoms with van der Waals surface area (Å²) >= 11 is 0. The SMILES string of the molecule is CCCC(C)N(C)Cc1occc1CNC1CC1. The zero-order valence-corrected chi connectivity index (χ0v) is 11.9. The van der Waals surface area contributed by atoms with Crippen LogP contribution >= 0.6 is 0 Å². The summed E-state index contributed by atoms with van der Waals surface area (Å²) in [5.41, 5.74) is 1.32. The molecule has 3 heteroatoms. The first-order chi connectivity index (χ1) is 8.70. The average Bonchev–Trinajstić information content (AvgIpc) is 3.08. The van der Waals surface area contributed by atoms with Crippen LogP contribution in [-0.2, 0) is 13.1 Å². The molecule has 1 heterocycles. The van der Waals surface area contributed by atoms with Crippen molar-refractivity contribution < 1.29 is 4.42 Å². The van der Waals surface area contributed by atoms with Crippen LogP contribution in [0.3, 0.4) is 0 Å². The van der Waals surface area contributed by atoms with Crippen LogP contribution < -0.4 is 5.32 Å². The smallest absolute Gasteiger partial charge is 0.122 e. The lowest BCUT2D eigenvalue weighted by Crippen LogP contribution is -2.28. The highest BCUT2D eigenvalue weighted by Crippen LogP contribution is 2.21. The first-order valence-corrected chi connectivity index (χ1v) is 7.19. The number of furan rings is 1. The molecule has 0 aromatic carbocycles. The number of hydrogen-bond donors (Lipinski definition) is 1. The van der Waals surface area contributed by atoms with E-state index >= 15 is 0 Å². The van der Waals surface area contributed by atoms with E-state index in [0.29, 0.717) is 6.04 Å². The molecule has 0 amide bonds. The van der Waals surface area contributed by atoms with Crippen molar-refractivity contribution in [2.24, 2.45) is 0 Å². The van der Waals surface area contributed by atoms with E-state index in [9.17, 15) is 0 Å². The summed E-state index contributed by atoms with van der Waals surface area (Å²) < 4.78 is 5.63. The Kier molecular flexibility index (Phi) is 4.84. The standard InChI is InChI=1S/C15H26N2O/c1-4-5-12(2)17(3)11-15-13(8-9-18-15)10-16-14-6-7-14/h8-9,12,14,16H,4-7,10-11H2,1-3H3. The molecule has 0 aliphatic heterocycles. The number of rotatable bonds is 8. The summed E-state index contributed by atoms with van der Waals surface area (Å²) in [5.74, 6) is 1.12. The Hall–Kier alpha value is -0.800. The fourth-order valence-corrected chi connectivity index (χ4v) is 2.23. The quantitative estimate of drug-likeness (QED) is 0.768. The van der Waals surface area contributed by atoms with E-state index in [1.165, 1.54) is 31.2 Å². The topological polar surface area (TPSA) is 28.4 Å². The van der Waals surface area contributed by atoms with E-state index in [0.717, 1.165) is 24.9 Å². The van der Waals surface area contributed by atoms with Crippen molar-refractivity contribution >= 4 is 0 Å². The van der Waals surface area contributed by atoms with E-state index in [1.54, 1.807) is 0 Å². The third-order valence-electron chi connectivity index (χ3n) is 3.85. The summed E-state index contributed by atoms with van der Waals surface area (Å²) in [4.78, 5) is 2.38. The van der Waals surface area contributed by atoms with E-state index in [4.69, 9.17) is 4.42 Å². The highest BCUT2D eigenvalue weighted by Gasteiger charge is 2.21. The Morgan fingerprint density at radius 1 is 1.50 bits per heavy atom. The fourth-order valence-electron chi connectivity index (χ4n) is 2.23. The molecule has 1 fully saturated rings. The maximum atomic E-state index is 5.63. The minimum atomic E-state index is 0.615. The van der Waals surface area contributed by atoms with Crippen molar-refractivity contribution in [2.45, 2.75) is 64.7 Å². The van der Waals surface area contributed by atoms with Crippen molar-refractivity contribution in [1.82, 2.24) is 10.2 Å². The van der Waals surface area contributed by atoms with Gasteiger partial charge in [-0.1, -0.05) is 13.3 Å². The monoisotopic (exact) mass is 250 g/mol. The number of hydrogen-bond acceptors (Lipinski definition) is 3. The van der Waals surface area contributed by atoms with Gasteiger partial charge in [-0.15, -0.1) is 0 Å². The summed E-state index contributed by atoms with van der Waals surface area (Å²) in [5, 5.41) is 3.55. The predicted molar refractivity (Wildman–Crippen MR) is 74.4 cm³/mol. The van der Waals surface area contributed by atoms with E-state index < -0.39 is 0 Å². The summed E-state index contributed by atoms with van der Waals surface area (Å²) in [6.45, 7) is 6.39. The highest BCUT2D eigenvalue weighted by molar-refractivity contribution is 5.17. The molecule has 0 saturated heterocycles. The van der Waals surface area contributed by atoms with Gasteiger partial charge >= 0.3 is 0 Å². The fraction of sp³-hybridized carbons (Fsp3) is 0.733. The van der Waals surface area contributed by atoms with Crippen LogP contribution in [0.15, 0.2) is 16.7 Å². The summed E-state index contributed by atoms with van der Waals surface area (Å²) in [6, 6.07) is 3.47. The van der Waals surface area contributed by atoms with Crippen LogP contribution in [0.4, 0.5) is 0 Å². The molecular weight excluding hydrogens is 224 g/mol. The molecule has 1 atom stereocenters.